The average Bonchev–Trinajstić information content (AvgIpc) is 2.78. The third kappa shape index (κ3) is 6.79. The minimum Gasteiger partial charge on any atom is -0.496 e. The number of aliphatic hydroxyl groups excluding tert-OH is 1. The molecular weight excluding hydrogens is 458 g/mol. The molecule has 31 heavy (non-hydrogen) atoms. The Morgan fingerprint density at radius 3 is 2.55 bits per heavy atom. The molecule has 0 bridgehead atoms. The van der Waals surface area contributed by atoms with Gasteiger partial charge in [0.2, 0.25) is 0 Å². The number of nitrogens with zero attached hydrogens (tertiary/aromatic N) is 1. The van der Waals surface area contributed by atoms with Crippen molar-refractivity contribution in [1.82, 2.24) is 4.90 Å². The molecule has 3 rings (SSSR count). The second-order valence-electron chi connectivity index (χ2n) is 8.17. The summed E-state index contributed by atoms with van der Waals surface area (Å²) in [5, 5.41) is 8.99. The van der Waals surface area contributed by atoms with Gasteiger partial charge in [-0.2, -0.15) is 0 Å². The molecule has 2 aromatic carbocycles. The lowest BCUT2D eigenvalue weighted by Gasteiger charge is -2.32. The zero-order valence-electron chi connectivity index (χ0n) is 18.4. The molecule has 1 saturated heterocycles. The van der Waals surface area contributed by atoms with E-state index in [0.717, 1.165) is 42.7 Å². The monoisotopic (exact) mass is 489 g/mol. The lowest BCUT2D eigenvalue weighted by Crippen LogP contribution is -2.35. The van der Waals surface area contributed by atoms with Gasteiger partial charge in [0.1, 0.15) is 18.1 Å². The number of piperidine rings is 1. The number of Topliss-reactive ketones (excluding diaryl/α,β-unsaturated/α-hetero) is 1. The van der Waals surface area contributed by atoms with Crippen LogP contribution < -0.4 is 9.47 Å². The number of halogens is 1. The van der Waals surface area contributed by atoms with Crippen molar-refractivity contribution in [2.45, 2.75) is 32.6 Å². The Kier molecular flexibility index (Phi) is 8.93. The summed E-state index contributed by atoms with van der Waals surface area (Å²) in [6.45, 7) is 5.12. The summed E-state index contributed by atoms with van der Waals surface area (Å²) in [5.74, 6) is 2.16. The number of benzene rings is 2. The maximum absolute atomic E-state index is 11.8. The quantitative estimate of drug-likeness (QED) is 0.496. The SMILES string of the molecule is COc1ccc(CCN2CCC(Cc3ccc(Br)c(OCCO)c3)CC2)cc1C(C)=O. The highest BCUT2D eigenvalue weighted by Crippen LogP contribution is 2.29. The number of rotatable bonds is 10. The van der Waals surface area contributed by atoms with Gasteiger partial charge in [0.05, 0.1) is 23.8 Å². The molecule has 1 N–H and O–H groups in total. The number of carbonyl (C=O) groups is 1. The van der Waals surface area contributed by atoms with Crippen LogP contribution in [-0.2, 0) is 12.8 Å². The summed E-state index contributed by atoms with van der Waals surface area (Å²) < 4.78 is 11.8. The van der Waals surface area contributed by atoms with E-state index in [-0.39, 0.29) is 12.4 Å². The summed E-state index contributed by atoms with van der Waals surface area (Å²) in [5.41, 5.74) is 3.12. The van der Waals surface area contributed by atoms with E-state index in [1.165, 1.54) is 24.0 Å². The molecule has 0 unspecified atom stereocenters. The van der Waals surface area contributed by atoms with Crippen molar-refractivity contribution in [2.24, 2.45) is 5.92 Å². The maximum atomic E-state index is 11.8. The van der Waals surface area contributed by atoms with Crippen molar-refractivity contribution >= 4 is 21.7 Å². The van der Waals surface area contributed by atoms with Crippen molar-refractivity contribution in [1.29, 1.82) is 0 Å². The predicted molar refractivity (Wildman–Crippen MR) is 126 cm³/mol. The lowest BCUT2D eigenvalue weighted by molar-refractivity contribution is 0.101. The van der Waals surface area contributed by atoms with Gasteiger partial charge in [-0.3, -0.25) is 4.79 Å². The van der Waals surface area contributed by atoms with E-state index in [9.17, 15) is 4.79 Å². The van der Waals surface area contributed by atoms with Crippen LogP contribution in [0.25, 0.3) is 0 Å². The molecule has 6 heteroatoms. The fraction of sp³-hybridized carbons (Fsp3) is 0.480. The highest BCUT2D eigenvalue weighted by molar-refractivity contribution is 9.10. The van der Waals surface area contributed by atoms with E-state index in [2.05, 4.69) is 39.0 Å². The molecule has 1 heterocycles. The van der Waals surface area contributed by atoms with Crippen LogP contribution >= 0.6 is 15.9 Å². The van der Waals surface area contributed by atoms with Gasteiger partial charge in [-0.15, -0.1) is 0 Å². The van der Waals surface area contributed by atoms with Crippen molar-refractivity contribution in [3.63, 3.8) is 0 Å². The molecule has 0 amide bonds. The number of likely N-dealkylation sites (tertiary alicyclic amines) is 1. The lowest BCUT2D eigenvalue weighted by atomic mass is 9.90. The van der Waals surface area contributed by atoms with Crippen LogP contribution in [-0.4, -0.2) is 55.7 Å². The van der Waals surface area contributed by atoms with Crippen LogP contribution in [0.3, 0.4) is 0 Å². The van der Waals surface area contributed by atoms with Crippen LogP contribution in [0, 0.1) is 5.92 Å². The largest absolute Gasteiger partial charge is 0.496 e. The van der Waals surface area contributed by atoms with E-state index in [1.54, 1.807) is 14.0 Å². The number of ether oxygens (including phenoxy) is 2. The Bertz CT molecular complexity index is 878. The van der Waals surface area contributed by atoms with Crippen molar-refractivity contribution in [2.75, 3.05) is 40.0 Å². The zero-order chi connectivity index (χ0) is 22.2. The molecule has 0 atom stereocenters. The molecule has 0 radical (unpaired) electrons. The van der Waals surface area contributed by atoms with Crippen LogP contribution in [0.1, 0.15) is 41.3 Å². The fourth-order valence-corrected chi connectivity index (χ4v) is 4.52. The second kappa shape index (κ2) is 11.7. The Balaban J connectivity index is 1.48. The Morgan fingerprint density at radius 1 is 1.13 bits per heavy atom. The molecule has 1 aliphatic rings. The molecular formula is C25H32BrNO4. The van der Waals surface area contributed by atoms with Crippen LogP contribution in [0.5, 0.6) is 11.5 Å². The third-order valence-electron chi connectivity index (χ3n) is 5.94. The van der Waals surface area contributed by atoms with E-state index < -0.39 is 0 Å². The highest BCUT2D eigenvalue weighted by Gasteiger charge is 2.20. The van der Waals surface area contributed by atoms with Gasteiger partial charge < -0.3 is 19.5 Å². The summed E-state index contributed by atoms with van der Waals surface area (Å²) in [7, 11) is 1.60. The summed E-state index contributed by atoms with van der Waals surface area (Å²) in [4.78, 5) is 14.4. The summed E-state index contributed by atoms with van der Waals surface area (Å²) in [6, 6.07) is 12.2. The number of aliphatic hydroxyl groups is 1. The topological polar surface area (TPSA) is 59.0 Å². The second-order valence-corrected chi connectivity index (χ2v) is 9.02. The van der Waals surface area contributed by atoms with Gasteiger partial charge >= 0.3 is 0 Å². The van der Waals surface area contributed by atoms with Crippen LogP contribution in [0.4, 0.5) is 0 Å². The molecule has 1 aliphatic heterocycles. The highest BCUT2D eigenvalue weighted by atomic mass is 79.9. The Labute approximate surface area is 193 Å². The number of carbonyl (C=O) groups excluding carboxylic acids is 1. The first-order chi connectivity index (χ1) is 15.0. The van der Waals surface area contributed by atoms with Gasteiger partial charge in [0, 0.05) is 6.54 Å². The first kappa shape index (κ1) is 23.8. The van der Waals surface area contributed by atoms with E-state index in [4.69, 9.17) is 14.6 Å². The smallest absolute Gasteiger partial charge is 0.163 e. The molecule has 0 aliphatic carbocycles. The first-order valence-corrected chi connectivity index (χ1v) is 11.7. The first-order valence-electron chi connectivity index (χ1n) is 10.9. The number of hydrogen-bond acceptors (Lipinski definition) is 5. The maximum Gasteiger partial charge on any atom is 0.163 e. The van der Waals surface area contributed by atoms with Gasteiger partial charge in [0.25, 0.3) is 0 Å². The molecule has 2 aromatic rings. The number of hydrogen-bond donors (Lipinski definition) is 1. The Morgan fingerprint density at radius 2 is 1.87 bits per heavy atom. The summed E-state index contributed by atoms with van der Waals surface area (Å²) in [6.07, 6.45) is 4.36. The van der Waals surface area contributed by atoms with Gasteiger partial charge in [0.15, 0.2) is 5.78 Å². The molecule has 0 spiro atoms. The fourth-order valence-electron chi connectivity index (χ4n) is 4.16. The van der Waals surface area contributed by atoms with E-state index in [0.29, 0.717) is 23.8 Å². The standard InChI is InChI=1S/C25H32BrNO4/c1-18(29)22-16-19(4-6-24(22)30-2)7-10-27-11-8-20(9-12-27)15-21-3-5-23(26)25(17-21)31-14-13-28/h3-6,16-17,20,28H,7-15H2,1-2H3. The zero-order valence-corrected chi connectivity index (χ0v) is 20.0. The van der Waals surface area contributed by atoms with Crippen LogP contribution in [0.15, 0.2) is 40.9 Å². The van der Waals surface area contributed by atoms with Crippen molar-refractivity contribution in [3.05, 3.63) is 57.6 Å². The molecule has 5 nitrogen and oxygen atoms in total. The number of ketones is 1. The summed E-state index contributed by atoms with van der Waals surface area (Å²) >= 11 is 3.51. The normalized spacial score (nSPS) is 15.1. The van der Waals surface area contributed by atoms with E-state index >= 15 is 0 Å². The molecule has 0 aromatic heterocycles. The number of methoxy groups -OCH3 is 1. The molecule has 168 valence electrons. The molecule has 0 saturated carbocycles. The average molecular weight is 490 g/mol. The Hall–Kier alpha value is -1.89. The predicted octanol–water partition coefficient (Wildman–Crippen LogP) is 4.53. The van der Waals surface area contributed by atoms with Crippen molar-refractivity contribution < 1.29 is 19.4 Å². The minimum absolute atomic E-state index is 0.0156. The van der Waals surface area contributed by atoms with Crippen LogP contribution in [0.2, 0.25) is 0 Å². The molecule has 1 fully saturated rings. The van der Waals surface area contributed by atoms with Gasteiger partial charge in [-0.1, -0.05) is 12.1 Å². The van der Waals surface area contributed by atoms with E-state index in [1.807, 2.05) is 18.2 Å². The minimum atomic E-state index is 0.0156. The third-order valence-corrected chi connectivity index (χ3v) is 6.59. The van der Waals surface area contributed by atoms with Gasteiger partial charge in [-0.05, 0) is 103 Å². The van der Waals surface area contributed by atoms with Gasteiger partial charge in [-0.25, -0.2) is 0 Å². The van der Waals surface area contributed by atoms with Crippen molar-refractivity contribution in [3.8, 4) is 11.5 Å².